The molecular weight excluding hydrogens is 288 g/mol. The number of hydrogen-bond acceptors (Lipinski definition) is 3. The summed E-state index contributed by atoms with van der Waals surface area (Å²) < 4.78 is 28.5. The highest BCUT2D eigenvalue weighted by Crippen LogP contribution is 2.41. The van der Waals surface area contributed by atoms with E-state index in [4.69, 9.17) is 0 Å². The Bertz CT molecular complexity index is 547. The molecule has 4 rings (SSSR count). The van der Waals surface area contributed by atoms with Crippen molar-refractivity contribution in [3.8, 4) is 5.75 Å². The summed E-state index contributed by atoms with van der Waals surface area (Å²) in [5.41, 5.74) is 0.658. The number of nitrogens with zero attached hydrogens (tertiary/aromatic N) is 1. The van der Waals surface area contributed by atoms with E-state index < -0.39 is 6.61 Å². The lowest BCUT2D eigenvalue weighted by atomic mass is 9.72. The lowest BCUT2D eigenvalue weighted by Crippen LogP contribution is -2.47. The molecule has 3 aliphatic rings. The van der Waals surface area contributed by atoms with E-state index in [-0.39, 0.29) is 16.9 Å². The number of rotatable bonds is 5. The second kappa shape index (κ2) is 6.16. The Kier molecular flexibility index (Phi) is 4.25. The van der Waals surface area contributed by atoms with E-state index in [2.05, 4.69) is 15.7 Å². The van der Waals surface area contributed by atoms with Gasteiger partial charge in [-0.2, -0.15) is 8.78 Å². The van der Waals surface area contributed by atoms with Crippen LogP contribution in [0.4, 0.5) is 8.78 Å². The number of alkyl halides is 2. The number of carbonyl (C=O) groups is 1. The first-order valence-electron chi connectivity index (χ1n) is 7.57. The third-order valence-corrected chi connectivity index (χ3v) is 4.73. The van der Waals surface area contributed by atoms with Gasteiger partial charge >= 0.3 is 6.61 Å². The minimum Gasteiger partial charge on any atom is -0.435 e. The fourth-order valence-corrected chi connectivity index (χ4v) is 3.25. The second-order valence-corrected chi connectivity index (χ2v) is 6.05. The van der Waals surface area contributed by atoms with E-state index in [1.54, 1.807) is 6.08 Å². The van der Waals surface area contributed by atoms with Crippen LogP contribution in [0.1, 0.15) is 29.6 Å². The minimum atomic E-state index is -2.85. The summed E-state index contributed by atoms with van der Waals surface area (Å²) >= 11 is 0. The molecule has 0 spiro atoms. The van der Waals surface area contributed by atoms with Crippen molar-refractivity contribution in [2.24, 2.45) is 5.41 Å². The SMILES string of the molecule is O=C(/C=C/C12CCN(CC1)CC2)c1ccc(OC(F)F)cc1. The number of ketones is 1. The molecule has 3 heterocycles. The summed E-state index contributed by atoms with van der Waals surface area (Å²) in [6.07, 6.45) is 7.03. The predicted octanol–water partition coefficient (Wildman–Crippen LogP) is 3.51. The molecule has 22 heavy (non-hydrogen) atoms. The van der Waals surface area contributed by atoms with Gasteiger partial charge < -0.3 is 9.64 Å². The molecule has 0 N–H and O–H groups in total. The van der Waals surface area contributed by atoms with E-state index in [0.717, 1.165) is 38.9 Å². The molecule has 0 radical (unpaired) electrons. The van der Waals surface area contributed by atoms with Gasteiger partial charge in [0.2, 0.25) is 0 Å². The quantitative estimate of drug-likeness (QED) is 0.616. The van der Waals surface area contributed by atoms with Crippen LogP contribution in [0.2, 0.25) is 0 Å². The molecule has 3 aliphatic heterocycles. The first kappa shape index (κ1) is 15.2. The molecule has 118 valence electrons. The highest BCUT2D eigenvalue weighted by molar-refractivity contribution is 6.04. The van der Waals surface area contributed by atoms with Crippen LogP contribution in [-0.4, -0.2) is 36.9 Å². The van der Waals surface area contributed by atoms with Gasteiger partial charge in [-0.3, -0.25) is 4.79 Å². The normalized spacial score (nSPS) is 27.5. The van der Waals surface area contributed by atoms with Crippen LogP contribution in [0, 0.1) is 5.41 Å². The van der Waals surface area contributed by atoms with Crippen LogP contribution >= 0.6 is 0 Å². The highest BCUT2D eigenvalue weighted by atomic mass is 19.3. The van der Waals surface area contributed by atoms with E-state index in [0.29, 0.717) is 5.56 Å². The van der Waals surface area contributed by atoms with Crippen LogP contribution in [0.3, 0.4) is 0 Å². The number of halogens is 2. The van der Waals surface area contributed by atoms with Crippen LogP contribution in [0.5, 0.6) is 5.75 Å². The van der Waals surface area contributed by atoms with Crippen molar-refractivity contribution in [2.75, 3.05) is 19.6 Å². The topological polar surface area (TPSA) is 29.5 Å². The van der Waals surface area contributed by atoms with Gasteiger partial charge in [-0.05, 0) is 74.7 Å². The molecule has 1 aromatic carbocycles. The summed E-state index contributed by atoms with van der Waals surface area (Å²) in [7, 11) is 0. The molecule has 0 amide bonds. The number of piperidine rings is 3. The number of benzene rings is 1. The first-order chi connectivity index (χ1) is 10.6. The molecule has 3 fully saturated rings. The Labute approximate surface area is 128 Å². The van der Waals surface area contributed by atoms with Gasteiger partial charge in [0.25, 0.3) is 0 Å². The van der Waals surface area contributed by atoms with Gasteiger partial charge in [0.1, 0.15) is 5.75 Å². The monoisotopic (exact) mass is 307 g/mol. The lowest BCUT2D eigenvalue weighted by molar-refractivity contribution is -0.0498. The number of fused-ring (bicyclic) bond motifs is 3. The van der Waals surface area contributed by atoms with Crippen molar-refractivity contribution in [3.63, 3.8) is 0 Å². The molecule has 0 aromatic heterocycles. The maximum absolute atomic E-state index is 12.2. The third kappa shape index (κ3) is 3.35. The van der Waals surface area contributed by atoms with Crippen molar-refractivity contribution in [3.05, 3.63) is 42.0 Å². The summed E-state index contributed by atoms with van der Waals surface area (Å²) in [6, 6.07) is 5.83. The Morgan fingerprint density at radius 3 is 2.27 bits per heavy atom. The smallest absolute Gasteiger partial charge is 0.387 e. The van der Waals surface area contributed by atoms with Crippen LogP contribution in [-0.2, 0) is 0 Å². The Balaban J connectivity index is 1.65. The first-order valence-corrected chi connectivity index (χ1v) is 7.57. The van der Waals surface area contributed by atoms with Crippen LogP contribution in [0.15, 0.2) is 36.4 Å². The van der Waals surface area contributed by atoms with Crippen molar-refractivity contribution < 1.29 is 18.3 Å². The highest BCUT2D eigenvalue weighted by Gasteiger charge is 2.37. The van der Waals surface area contributed by atoms with Gasteiger partial charge in [0, 0.05) is 5.56 Å². The summed E-state index contributed by atoms with van der Waals surface area (Å²) in [4.78, 5) is 14.7. The Morgan fingerprint density at radius 2 is 1.73 bits per heavy atom. The predicted molar refractivity (Wildman–Crippen MR) is 79.3 cm³/mol. The van der Waals surface area contributed by atoms with E-state index in [9.17, 15) is 13.6 Å². The summed E-state index contributed by atoms with van der Waals surface area (Å²) in [5.74, 6) is -0.0280. The standard InChI is InChI=1S/C17H19F2NO2/c18-16(19)22-14-3-1-13(2-4-14)15(21)5-6-17-7-10-20(11-8-17)12-9-17/h1-6,16H,7-12H2/b6-5+. The lowest BCUT2D eigenvalue weighted by Gasteiger charge is -2.46. The molecular formula is C17H19F2NO2. The van der Waals surface area contributed by atoms with E-state index in [1.165, 1.54) is 24.3 Å². The zero-order chi connectivity index (χ0) is 15.6. The molecule has 0 atom stereocenters. The zero-order valence-corrected chi connectivity index (χ0v) is 12.3. The summed E-state index contributed by atoms with van der Waals surface area (Å²) in [6.45, 7) is 0.479. The van der Waals surface area contributed by atoms with Crippen molar-refractivity contribution >= 4 is 5.78 Å². The average molecular weight is 307 g/mol. The molecule has 0 saturated carbocycles. The Morgan fingerprint density at radius 1 is 1.14 bits per heavy atom. The minimum absolute atomic E-state index is 0.0637. The van der Waals surface area contributed by atoms with E-state index in [1.807, 2.05) is 0 Å². The molecule has 2 bridgehead atoms. The molecule has 0 unspecified atom stereocenters. The maximum Gasteiger partial charge on any atom is 0.387 e. The average Bonchev–Trinajstić information content (AvgIpc) is 2.55. The number of hydrogen-bond donors (Lipinski definition) is 0. The van der Waals surface area contributed by atoms with Gasteiger partial charge in [0.05, 0.1) is 0 Å². The third-order valence-electron chi connectivity index (χ3n) is 4.73. The number of ether oxygens (including phenoxy) is 1. The van der Waals surface area contributed by atoms with Gasteiger partial charge in [-0.1, -0.05) is 6.08 Å². The maximum atomic E-state index is 12.2. The largest absolute Gasteiger partial charge is 0.435 e. The second-order valence-electron chi connectivity index (χ2n) is 6.05. The van der Waals surface area contributed by atoms with E-state index >= 15 is 0 Å². The van der Waals surface area contributed by atoms with Crippen LogP contribution < -0.4 is 4.74 Å². The number of allylic oxidation sites excluding steroid dienone is 2. The number of carbonyl (C=O) groups excluding carboxylic acids is 1. The van der Waals surface area contributed by atoms with Gasteiger partial charge in [-0.25, -0.2) is 0 Å². The van der Waals surface area contributed by atoms with Crippen molar-refractivity contribution in [1.29, 1.82) is 0 Å². The molecule has 3 saturated heterocycles. The molecule has 0 aliphatic carbocycles. The van der Waals surface area contributed by atoms with Crippen molar-refractivity contribution in [2.45, 2.75) is 25.9 Å². The molecule has 1 aromatic rings. The molecule has 5 heteroatoms. The van der Waals surface area contributed by atoms with Gasteiger partial charge in [-0.15, -0.1) is 0 Å². The van der Waals surface area contributed by atoms with Crippen molar-refractivity contribution in [1.82, 2.24) is 4.90 Å². The Hall–Kier alpha value is -1.75. The zero-order valence-electron chi connectivity index (χ0n) is 12.3. The fraction of sp³-hybridized carbons (Fsp3) is 0.471. The van der Waals surface area contributed by atoms with Gasteiger partial charge in [0.15, 0.2) is 5.78 Å². The molecule has 3 nitrogen and oxygen atoms in total. The van der Waals surface area contributed by atoms with Crippen LogP contribution in [0.25, 0.3) is 0 Å². The fourth-order valence-electron chi connectivity index (χ4n) is 3.25. The summed E-state index contributed by atoms with van der Waals surface area (Å²) in [5, 5.41) is 0.